The summed E-state index contributed by atoms with van der Waals surface area (Å²) in [6.45, 7) is 11.3. The molecule has 0 spiro atoms. The third-order valence-corrected chi connectivity index (χ3v) is 3.86. The zero-order valence-electron chi connectivity index (χ0n) is 13.0. The van der Waals surface area contributed by atoms with Crippen LogP contribution in [-0.4, -0.2) is 43.0 Å². The number of aryl methyl sites for hydroxylation is 3. The first-order chi connectivity index (χ1) is 9.47. The maximum atomic E-state index is 12.6. The average molecular weight is 275 g/mol. The van der Waals surface area contributed by atoms with Gasteiger partial charge in [0.1, 0.15) is 0 Å². The van der Waals surface area contributed by atoms with Gasteiger partial charge in [-0.1, -0.05) is 17.7 Å². The molecular weight excluding hydrogens is 250 g/mol. The molecule has 1 aromatic carbocycles. The molecule has 1 aliphatic rings. The van der Waals surface area contributed by atoms with E-state index < -0.39 is 0 Å². The zero-order valence-corrected chi connectivity index (χ0v) is 13.0. The van der Waals surface area contributed by atoms with Crippen LogP contribution in [0.4, 0.5) is 0 Å². The molecule has 0 amide bonds. The number of benzene rings is 1. The van der Waals surface area contributed by atoms with Crippen molar-refractivity contribution in [3.8, 4) is 0 Å². The van der Waals surface area contributed by atoms with Crippen molar-refractivity contribution in [1.29, 1.82) is 0 Å². The highest BCUT2D eigenvalue weighted by Gasteiger charge is 2.20. The Morgan fingerprint density at radius 1 is 1.30 bits per heavy atom. The number of nitrogens with zero attached hydrogens (tertiary/aromatic N) is 1. The number of rotatable bonds is 3. The molecule has 1 saturated heterocycles. The van der Waals surface area contributed by atoms with Crippen LogP contribution in [0.2, 0.25) is 0 Å². The normalized spacial score (nSPS) is 20.7. The molecule has 1 fully saturated rings. The van der Waals surface area contributed by atoms with Crippen LogP contribution >= 0.6 is 0 Å². The van der Waals surface area contributed by atoms with E-state index >= 15 is 0 Å². The maximum Gasteiger partial charge on any atom is 0.177 e. The number of carbonyl (C=O) groups excluding carboxylic acids is 1. The Bertz CT molecular complexity index is 473. The highest BCUT2D eigenvalue weighted by molar-refractivity contribution is 6.00. The Labute approximate surface area is 121 Å². The molecule has 110 valence electrons. The van der Waals surface area contributed by atoms with Crippen LogP contribution in [0.15, 0.2) is 12.1 Å². The molecule has 1 heterocycles. The van der Waals surface area contributed by atoms with Crippen molar-refractivity contribution >= 4 is 5.78 Å². The number of hydrogen-bond acceptors (Lipinski definition) is 3. The summed E-state index contributed by atoms with van der Waals surface area (Å²) in [6.07, 6.45) is 1.22. The molecule has 2 rings (SSSR count). The topological polar surface area (TPSA) is 29.5 Å². The van der Waals surface area contributed by atoms with Gasteiger partial charge in [0.05, 0.1) is 12.6 Å². The number of hydrogen-bond donors (Lipinski definition) is 0. The summed E-state index contributed by atoms with van der Waals surface area (Å²) in [7, 11) is 0. The van der Waals surface area contributed by atoms with E-state index in [4.69, 9.17) is 4.74 Å². The second-order valence-corrected chi connectivity index (χ2v) is 5.97. The Morgan fingerprint density at radius 3 is 2.60 bits per heavy atom. The summed E-state index contributed by atoms with van der Waals surface area (Å²) in [6, 6.07) is 4.18. The van der Waals surface area contributed by atoms with Crippen LogP contribution in [0.5, 0.6) is 0 Å². The molecule has 0 saturated carbocycles. The van der Waals surface area contributed by atoms with Crippen LogP contribution in [0, 0.1) is 20.8 Å². The fourth-order valence-electron chi connectivity index (χ4n) is 3.13. The molecule has 1 atom stereocenters. The van der Waals surface area contributed by atoms with Gasteiger partial charge in [-0.3, -0.25) is 9.69 Å². The monoisotopic (exact) mass is 275 g/mol. The van der Waals surface area contributed by atoms with Gasteiger partial charge in [0, 0.05) is 25.3 Å². The van der Waals surface area contributed by atoms with E-state index in [9.17, 15) is 4.79 Å². The largest absolute Gasteiger partial charge is 0.377 e. The predicted molar refractivity (Wildman–Crippen MR) is 81.5 cm³/mol. The Morgan fingerprint density at radius 2 is 1.95 bits per heavy atom. The maximum absolute atomic E-state index is 12.6. The molecule has 0 radical (unpaired) electrons. The summed E-state index contributed by atoms with van der Waals surface area (Å²) >= 11 is 0. The lowest BCUT2D eigenvalue weighted by Crippen LogP contribution is -2.35. The molecule has 3 nitrogen and oxygen atoms in total. The first kappa shape index (κ1) is 15.2. The van der Waals surface area contributed by atoms with Gasteiger partial charge < -0.3 is 4.74 Å². The molecule has 3 heteroatoms. The molecule has 0 aromatic heterocycles. The highest BCUT2D eigenvalue weighted by atomic mass is 16.5. The SMILES string of the molecule is Cc1cc(C)c(C(=O)CN2CCCOC(C)C2)c(C)c1. The van der Waals surface area contributed by atoms with Crippen molar-refractivity contribution in [2.24, 2.45) is 0 Å². The molecule has 1 aliphatic heterocycles. The van der Waals surface area contributed by atoms with Crippen LogP contribution in [0.25, 0.3) is 0 Å². The first-order valence-electron chi connectivity index (χ1n) is 7.42. The third-order valence-electron chi connectivity index (χ3n) is 3.86. The molecule has 0 bridgehead atoms. The standard InChI is InChI=1S/C17H25NO2/c1-12-8-13(2)17(14(3)9-12)16(19)11-18-6-5-7-20-15(4)10-18/h8-9,15H,5-7,10-11H2,1-4H3. The average Bonchev–Trinajstić information content (AvgIpc) is 2.52. The number of carbonyl (C=O) groups is 1. The minimum atomic E-state index is 0.213. The van der Waals surface area contributed by atoms with Crippen LogP contribution < -0.4 is 0 Å². The van der Waals surface area contributed by atoms with Gasteiger partial charge in [-0.05, 0) is 45.2 Å². The fourth-order valence-corrected chi connectivity index (χ4v) is 3.13. The van der Waals surface area contributed by atoms with Crippen molar-refractivity contribution in [3.05, 3.63) is 34.4 Å². The Kier molecular flexibility index (Phi) is 4.95. The van der Waals surface area contributed by atoms with Crippen molar-refractivity contribution in [2.75, 3.05) is 26.2 Å². The zero-order chi connectivity index (χ0) is 14.7. The van der Waals surface area contributed by atoms with Gasteiger partial charge in [-0.15, -0.1) is 0 Å². The molecule has 1 unspecified atom stereocenters. The van der Waals surface area contributed by atoms with Gasteiger partial charge >= 0.3 is 0 Å². The van der Waals surface area contributed by atoms with E-state index in [-0.39, 0.29) is 11.9 Å². The van der Waals surface area contributed by atoms with Gasteiger partial charge in [0.15, 0.2) is 5.78 Å². The summed E-state index contributed by atoms with van der Waals surface area (Å²) in [5.74, 6) is 0.231. The van der Waals surface area contributed by atoms with E-state index in [0.717, 1.165) is 42.8 Å². The van der Waals surface area contributed by atoms with Crippen LogP contribution in [0.3, 0.4) is 0 Å². The third kappa shape index (κ3) is 3.68. The fraction of sp³-hybridized carbons (Fsp3) is 0.588. The molecule has 20 heavy (non-hydrogen) atoms. The lowest BCUT2D eigenvalue weighted by Gasteiger charge is -2.22. The summed E-state index contributed by atoms with van der Waals surface area (Å²) in [4.78, 5) is 14.8. The Balaban J connectivity index is 2.12. The van der Waals surface area contributed by atoms with Crippen LogP contribution in [-0.2, 0) is 4.74 Å². The smallest absolute Gasteiger partial charge is 0.177 e. The number of ketones is 1. The van der Waals surface area contributed by atoms with E-state index in [1.165, 1.54) is 5.56 Å². The lowest BCUT2D eigenvalue weighted by molar-refractivity contribution is 0.0657. The van der Waals surface area contributed by atoms with E-state index in [1.54, 1.807) is 0 Å². The second-order valence-electron chi connectivity index (χ2n) is 5.97. The van der Waals surface area contributed by atoms with Gasteiger partial charge in [0.25, 0.3) is 0 Å². The molecule has 0 aliphatic carbocycles. The molecule has 1 aromatic rings. The number of ether oxygens (including phenoxy) is 1. The quantitative estimate of drug-likeness (QED) is 0.794. The van der Waals surface area contributed by atoms with Crippen molar-refractivity contribution in [1.82, 2.24) is 4.90 Å². The van der Waals surface area contributed by atoms with Gasteiger partial charge in [-0.2, -0.15) is 0 Å². The molecular formula is C17H25NO2. The summed E-state index contributed by atoms with van der Waals surface area (Å²) in [5.41, 5.74) is 4.29. The van der Waals surface area contributed by atoms with Crippen molar-refractivity contribution in [3.63, 3.8) is 0 Å². The van der Waals surface area contributed by atoms with Gasteiger partial charge in [-0.25, -0.2) is 0 Å². The van der Waals surface area contributed by atoms with Crippen molar-refractivity contribution in [2.45, 2.75) is 40.2 Å². The summed E-state index contributed by atoms with van der Waals surface area (Å²) in [5, 5.41) is 0. The van der Waals surface area contributed by atoms with Gasteiger partial charge in [0.2, 0.25) is 0 Å². The van der Waals surface area contributed by atoms with Crippen molar-refractivity contribution < 1.29 is 9.53 Å². The first-order valence-corrected chi connectivity index (χ1v) is 7.42. The predicted octanol–water partition coefficient (Wildman–Crippen LogP) is 2.91. The summed E-state index contributed by atoms with van der Waals surface area (Å²) < 4.78 is 5.63. The van der Waals surface area contributed by atoms with E-state index in [0.29, 0.717) is 6.54 Å². The van der Waals surface area contributed by atoms with E-state index in [1.807, 2.05) is 13.8 Å². The minimum absolute atomic E-state index is 0.213. The molecule has 0 N–H and O–H groups in total. The minimum Gasteiger partial charge on any atom is -0.377 e. The lowest BCUT2D eigenvalue weighted by atomic mass is 9.96. The Hall–Kier alpha value is -1.19. The van der Waals surface area contributed by atoms with Crippen LogP contribution in [0.1, 0.15) is 40.4 Å². The second kappa shape index (κ2) is 6.51. The van der Waals surface area contributed by atoms with E-state index in [2.05, 4.69) is 30.9 Å². The highest BCUT2D eigenvalue weighted by Crippen LogP contribution is 2.18. The number of Topliss-reactive ketones (excluding diaryl/α,β-unsaturated/α-hetero) is 1.